The molecule has 0 aromatic heterocycles. The van der Waals surface area contributed by atoms with Crippen LogP contribution in [0.1, 0.15) is 66.9 Å². The molecule has 2 atom stereocenters. The van der Waals surface area contributed by atoms with E-state index in [4.69, 9.17) is 4.74 Å². The van der Waals surface area contributed by atoms with E-state index in [9.17, 15) is 15.0 Å². The first-order valence-corrected chi connectivity index (χ1v) is 11.2. The van der Waals surface area contributed by atoms with E-state index in [1.54, 1.807) is 6.08 Å². The topological polar surface area (TPSA) is 78.8 Å². The minimum atomic E-state index is -0.556. The van der Waals surface area contributed by atoms with Crippen LogP contribution in [-0.4, -0.2) is 34.9 Å². The van der Waals surface area contributed by atoms with E-state index >= 15 is 0 Å². The molecule has 0 radical (unpaired) electrons. The molecule has 31 heavy (non-hydrogen) atoms. The summed E-state index contributed by atoms with van der Waals surface area (Å²) < 4.78 is 5.58. The maximum Gasteiger partial charge on any atom is 0.342 e. The van der Waals surface area contributed by atoms with Crippen molar-refractivity contribution in [3.05, 3.63) is 65.2 Å². The number of phenolic OH excluding ortho intramolecular Hbond substituents is 2. The van der Waals surface area contributed by atoms with Crippen molar-refractivity contribution in [1.82, 2.24) is 5.32 Å². The number of esters is 1. The summed E-state index contributed by atoms with van der Waals surface area (Å²) in [6.07, 6.45) is 10.3. The van der Waals surface area contributed by atoms with Gasteiger partial charge in [-0.15, -0.1) is 0 Å². The highest BCUT2D eigenvalue weighted by atomic mass is 16.5. The smallest absolute Gasteiger partial charge is 0.342 e. The van der Waals surface area contributed by atoms with E-state index in [1.807, 2.05) is 19.1 Å². The number of allylic oxidation sites excluding steroid dienone is 1. The Morgan fingerprint density at radius 3 is 2.65 bits per heavy atom. The SMILES string of the molecule is C[C@H]1CCC[C@@H](NCCc2ccccc2)CCC/C=C/c2cc(O)cc(O)c2C(=O)O1. The first kappa shape index (κ1) is 22.9. The Bertz CT molecular complexity index is 878. The minimum Gasteiger partial charge on any atom is -0.508 e. The van der Waals surface area contributed by atoms with Crippen LogP contribution in [-0.2, 0) is 11.2 Å². The number of aromatic hydroxyl groups is 2. The standard InChI is InChI=1S/C26H33NO4/c1-19-9-8-14-22(27-16-15-20-10-4-2-5-11-20)13-7-3-6-12-21-17-23(28)18-24(29)25(21)26(30)31-19/h2,4-6,10-12,17-19,22,27-29H,3,7-9,13-16H2,1H3/b12-6+/t19-,22-/m0/s1. The van der Waals surface area contributed by atoms with Crippen LogP contribution in [0.15, 0.2) is 48.5 Å². The van der Waals surface area contributed by atoms with Gasteiger partial charge in [-0.25, -0.2) is 4.79 Å². The summed E-state index contributed by atoms with van der Waals surface area (Å²) in [6.45, 7) is 2.83. The van der Waals surface area contributed by atoms with E-state index in [0.29, 0.717) is 11.6 Å². The zero-order valence-corrected chi connectivity index (χ0v) is 18.2. The molecule has 3 rings (SSSR count). The van der Waals surface area contributed by atoms with Crippen LogP contribution in [0.25, 0.3) is 6.08 Å². The van der Waals surface area contributed by atoms with Gasteiger partial charge in [0.15, 0.2) is 0 Å². The third kappa shape index (κ3) is 7.14. The van der Waals surface area contributed by atoms with Gasteiger partial charge in [-0.05, 0) is 75.6 Å². The number of nitrogens with one attached hydrogen (secondary N) is 1. The molecular formula is C26H33NO4. The molecule has 0 aliphatic carbocycles. The fourth-order valence-corrected chi connectivity index (χ4v) is 4.05. The fourth-order valence-electron chi connectivity index (χ4n) is 4.05. The highest BCUT2D eigenvalue weighted by Crippen LogP contribution is 2.30. The second kappa shape index (κ2) is 11.6. The average molecular weight is 424 g/mol. The monoisotopic (exact) mass is 423 g/mol. The van der Waals surface area contributed by atoms with Gasteiger partial charge in [0.1, 0.15) is 17.1 Å². The third-order valence-corrected chi connectivity index (χ3v) is 5.72. The van der Waals surface area contributed by atoms with Gasteiger partial charge in [-0.1, -0.05) is 42.5 Å². The number of rotatable bonds is 4. The number of carbonyl (C=O) groups is 1. The van der Waals surface area contributed by atoms with Crippen molar-refractivity contribution in [2.24, 2.45) is 0 Å². The maximum absolute atomic E-state index is 12.6. The molecule has 0 spiro atoms. The van der Waals surface area contributed by atoms with Gasteiger partial charge < -0.3 is 20.3 Å². The molecule has 0 fully saturated rings. The van der Waals surface area contributed by atoms with Crippen molar-refractivity contribution < 1.29 is 19.7 Å². The molecular weight excluding hydrogens is 390 g/mol. The van der Waals surface area contributed by atoms with E-state index in [-0.39, 0.29) is 23.2 Å². The number of fused-ring (bicyclic) bond motifs is 1. The second-order valence-corrected chi connectivity index (χ2v) is 8.30. The molecule has 0 saturated carbocycles. The lowest BCUT2D eigenvalue weighted by Gasteiger charge is -2.21. The summed E-state index contributed by atoms with van der Waals surface area (Å²) in [7, 11) is 0. The van der Waals surface area contributed by atoms with Crippen LogP contribution in [0.5, 0.6) is 11.5 Å². The lowest BCUT2D eigenvalue weighted by Crippen LogP contribution is -2.31. The van der Waals surface area contributed by atoms with Gasteiger partial charge in [0.25, 0.3) is 0 Å². The molecule has 0 bridgehead atoms. The Morgan fingerprint density at radius 1 is 1.06 bits per heavy atom. The van der Waals surface area contributed by atoms with E-state index < -0.39 is 5.97 Å². The Morgan fingerprint density at radius 2 is 1.84 bits per heavy atom. The predicted molar refractivity (Wildman–Crippen MR) is 123 cm³/mol. The van der Waals surface area contributed by atoms with Gasteiger partial charge in [0, 0.05) is 12.1 Å². The summed E-state index contributed by atoms with van der Waals surface area (Å²) in [4.78, 5) is 12.6. The van der Waals surface area contributed by atoms with Gasteiger partial charge in [-0.2, -0.15) is 0 Å². The van der Waals surface area contributed by atoms with E-state index in [1.165, 1.54) is 17.7 Å². The molecule has 0 amide bonds. The summed E-state index contributed by atoms with van der Waals surface area (Å²) in [5, 5.41) is 23.7. The Kier molecular flexibility index (Phi) is 8.53. The Balaban J connectivity index is 1.65. The highest BCUT2D eigenvalue weighted by Gasteiger charge is 2.21. The zero-order valence-electron chi connectivity index (χ0n) is 18.2. The molecule has 2 aromatic carbocycles. The van der Waals surface area contributed by atoms with Crippen LogP contribution in [0.3, 0.4) is 0 Å². The maximum atomic E-state index is 12.6. The molecule has 1 aliphatic rings. The average Bonchev–Trinajstić information content (AvgIpc) is 2.72. The van der Waals surface area contributed by atoms with Gasteiger partial charge >= 0.3 is 5.97 Å². The number of ether oxygens (including phenoxy) is 1. The van der Waals surface area contributed by atoms with E-state index in [0.717, 1.165) is 51.5 Å². The molecule has 1 heterocycles. The molecule has 0 unspecified atom stereocenters. The van der Waals surface area contributed by atoms with Crippen LogP contribution < -0.4 is 5.32 Å². The van der Waals surface area contributed by atoms with Gasteiger partial charge in [0.05, 0.1) is 6.10 Å². The van der Waals surface area contributed by atoms with E-state index in [2.05, 4.69) is 29.6 Å². The van der Waals surface area contributed by atoms with Crippen LogP contribution in [0.2, 0.25) is 0 Å². The number of phenols is 2. The molecule has 3 N–H and O–H groups in total. The summed E-state index contributed by atoms with van der Waals surface area (Å²) in [6, 6.07) is 13.6. The fraction of sp³-hybridized carbons (Fsp3) is 0.423. The van der Waals surface area contributed by atoms with Crippen molar-refractivity contribution in [2.75, 3.05) is 6.54 Å². The molecule has 5 heteroatoms. The van der Waals surface area contributed by atoms with Crippen molar-refractivity contribution in [2.45, 2.75) is 64.0 Å². The highest BCUT2D eigenvalue weighted by molar-refractivity contribution is 5.97. The largest absolute Gasteiger partial charge is 0.508 e. The van der Waals surface area contributed by atoms with Crippen LogP contribution in [0, 0.1) is 0 Å². The zero-order chi connectivity index (χ0) is 22.1. The molecule has 1 aliphatic heterocycles. The van der Waals surface area contributed by atoms with Crippen LogP contribution >= 0.6 is 0 Å². The predicted octanol–water partition coefficient (Wildman–Crippen LogP) is 5.21. The van der Waals surface area contributed by atoms with Crippen LogP contribution in [0.4, 0.5) is 0 Å². The number of carbonyl (C=O) groups excluding carboxylic acids is 1. The molecule has 166 valence electrons. The van der Waals surface area contributed by atoms with Gasteiger partial charge in [0.2, 0.25) is 0 Å². The van der Waals surface area contributed by atoms with Gasteiger partial charge in [-0.3, -0.25) is 0 Å². The number of hydrogen-bond donors (Lipinski definition) is 3. The lowest BCUT2D eigenvalue weighted by atomic mass is 10.00. The number of cyclic esters (lactones) is 1. The van der Waals surface area contributed by atoms with Crippen molar-refractivity contribution in [1.29, 1.82) is 0 Å². The summed E-state index contributed by atoms with van der Waals surface area (Å²) >= 11 is 0. The lowest BCUT2D eigenvalue weighted by molar-refractivity contribution is 0.0315. The summed E-state index contributed by atoms with van der Waals surface area (Å²) in [5.74, 6) is -0.892. The normalized spacial score (nSPS) is 21.5. The Labute approximate surface area is 184 Å². The molecule has 5 nitrogen and oxygen atoms in total. The summed E-state index contributed by atoms with van der Waals surface area (Å²) in [5.41, 5.74) is 1.92. The quantitative estimate of drug-likeness (QED) is 0.588. The minimum absolute atomic E-state index is 0.0782. The second-order valence-electron chi connectivity index (χ2n) is 8.30. The first-order valence-electron chi connectivity index (χ1n) is 11.2. The Hall–Kier alpha value is -2.79. The third-order valence-electron chi connectivity index (χ3n) is 5.72. The number of hydrogen-bond acceptors (Lipinski definition) is 5. The van der Waals surface area contributed by atoms with Crippen molar-refractivity contribution in [3.63, 3.8) is 0 Å². The first-order chi connectivity index (χ1) is 15.0. The van der Waals surface area contributed by atoms with Crippen molar-refractivity contribution in [3.8, 4) is 11.5 Å². The molecule has 2 aromatic rings. The number of benzene rings is 2. The van der Waals surface area contributed by atoms with Crippen molar-refractivity contribution >= 4 is 12.0 Å². The molecule has 0 saturated heterocycles.